The van der Waals surface area contributed by atoms with Crippen molar-refractivity contribution < 1.29 is 9.53 Å². The fourth-order valence-corrected chi connectivity index (χ4v) is 2.40. The number of hydrogen-bond acceptors (Lipinski definition) is 5. The summed E-state index contributed by atoms with van der Waals surface area (Å²) in [6.07, 6.45) is 1.81. The molecule has 0 aliphatic carbocycles. The second-order valence-corrected chi connectivity index (χ2v) is 5.26. The summed E-state index contributed by atoms with van der Waals surface area (Å²) in [6, 6.07) is 1.73. The van der Waals surface area contributed by atoms with E-state index in [0.29, 0.717) is 0 Å². The highest BCUT2D eigenvalue weighted by molar-refractivity contribution is 5.80. The standard InChI is InChI=1S/C14H21N3O2/c1-9(2)13-15-10(3)8-12(16-13)17-7-5-6-11(17)14(18)19-4/h8-9,11H,5-7H2,1-4H3. The molecule has 1 fully saturated rings. The molecule has 1 atom stereocenters. The molecule has 1 saturated heterocycles. The number of aryl methyl sites for hydroxylation is 1. The first-order chi connectivity index (χ1) is 9.02. The predicted molar refractivity (Wildman–Crippen MR) is 73.2 cm³/mol. The number of aromatic nitrogens is 2. The smallest absolute Gasteiger partial charge is 0.328 e. The van der Waals surface area contributed by atoms with Crippen LogP contribution in [0, 0.1) is 6.92 Å². The van der Waals surface area contributed by atoms with Gasteiger partial charge in [-0.15, -0.1) is 0 Å². The van der Waals surface area contributed by atoms with Gasteiger partial charge >= 0.3 is 5.97 Å². The third-order valence-corrected chi connectivity index (χ3v) is 3.39. The Hall–Kier alpha value is -1.65. The van der Waals surface area contributed by atoms with Gasteiger partial charge in [-0.3, -0.25) is 0 Å². The molecule has 0 spiro atoms. The van der Waals surface area contributed by atoms with E-state index >= 15 is 0 Å². The maximum atomic E-state index is 11.8. The number of carbonyl (C=O) groups is 1. The minimum Gasteiger partial charge on any atom is -0.467 e. The van der Waals surface area contributed by atoms with Crippen LogP contribution in [0.4, 0.5) is 5.82 Å². The van der Waals surface area contributed by atoms with Gasteiger partial charge in [0.25, 0.3) is 0 Å². The molecule has 1 aromatic heterocycles. The first kappa shape index (κ1) is 13.8. The van der Waals surface area contributed by atoms with Crippen LogP contribution >= 0.6 is 0 Å². The van der Waals surface area contributed by atoms with Crippen LogP contribution in [0.25, 0.3) is 0 Å². The molecule has 2 heterocycles. The van der Waals surface area contributed by atoms with Gasteiger partial charge in [-0.1, -0.05) is 13.8 Å². The van der Waals surface area contributed by atoms with Gasteiger partial charge in [0.05, 0.1) is 7.11 Å². The summed E-state index contributed by atoms with van der Waals surface area (Å²) < 4.78 is 4.87. The highest BCUT2D eigenvalue weighted by Gasteiger charge is 2.32. The Labute approximate surface area is 114 Å². The molecule has 1 aromatic rings. The Kier molecular flexibility index (Phi) is 4.02. The van der Waals surface area contributed by atoms with Crippen LogP contribution < -0.4 is 4.90 Å². The van der Waals surface area contributed by atoms with Crippen LogP contribution in [-0.4, -0.2) is 35.6 Å². The van der Waals surface area contributed by atoms with E-state index in [4.69, 9.17) is 4.74 Å². The van der Waals surface area contributed by atoms with E-state index in [0.717, 1.165) is 36.7 Å². The van der Waals surface area contributed by atoms with Crippen molar-refractivity contribution in [3.63, 3.8) is 0 Å². The van der Waals surface area contributed by atoms with E-state index in [9.17, 15) is 4.79 Å². The Balaban J connectivity index is 2.32. The van der Waals surface area contributed by atoms with Crippen LogP contribution in [0.5, 0.6) is 0 Å². The molecular weight excluding hydrogens is 242 g/mol. The van der Waals surface area contributed by atoms with Crippen molar-refractivity contribution in [1.82, 2.24) is 9.97 Å². The van der Waals surface area contributed by atoms with Crippen molar-refractivity contribution in [3.05, 3.63) is 17.6 Å². The topological polar surface area (TPSA) is 55.3 Å². The van der Waals surface area contributed by atoms with Gasteiger partial charge in [0.15, 0.2) is 0 Å². The van der Waals surface area contributed by atoms with Gasteiger partial charge < -0.3 is 9.64 Å². The number of rotatable bonds is 3. The van der Waals surface area contributed by atoms with Gasteiger partial charge in [-0.05, 0) is 19.8 Å². The molecular formula is C14H21N3O2. The van der Waals surface area contributed by atoms with Crippen LogP contribution in [0.15, 0.2) is 6.07 Å². The number of carbonyl (C=O) groups excluding carboxylic acids is 1. The summed E-state index contributed by atoms with van der Waals surface area (Å²) in [4.78, 5) is 22.9. The molecule has 0 amide bonds. The minimum absolute atomic E-state index is 0.181. The Bertz CT molecular complexity index is 474. The lowest BCUT2D eigenvalue weighted by Crippen LogP contribution is -2.37. The van der Waals surface area contributed by atoms with Gasteiger partial charge in [0, 0.05) is 24.2 Å². The van der Waals surface area contributed by atoms with Crippen LogP contribution in [0.3, 0.4) is 0 Å². The lowest BCUT2D eigenvalue weighted by Gasteiger charge is -2.24. The SMILES string of the molecule is COC(=O)C1CCCN1c1cc(C)nc(C(C)C)n1. The van der Waals surface area contributed by atoms with Gasteiger partial charge in [0.1, 0.15) is 17.7 Å². The summed E-state index contributed by atoms with van der Waals surface area (Å²) in [7, 11) is 1.43. The van der Waals surface area contributed by atoms with Gasteiger partial charge in [0.2, 0.25) is 0 Å². The maximum Gasteiger partial charge on any atom is 0.328 e. The number of nitrogens with zero attached hydrogens (tertiary/aromatic N) is 3. The van der Waals surface area contributed by atoms with Crippen molar-refractivity contribution in [2.45, 2.75) is 45.6 Å². The summed E-state index contributed by atoms with van der Waals surface area (Å²) >= 11 is 0. The summed E-state index contributed by atoms with van der Waals surface area (Å²) in [5.74, 6) is 1.76. The molecule has 0 bridgehead atoms. The van der Waals surface area contributed by atoms with Gasteiger partial charge in [-0.25, -0.2) is 14.8 Å². The third-order valence-electron chi connectivity index (χ3n) is 3.39. The second-order valence-electron chi connectivity index (χ2n) is 5.26. The molecule has 5 heteroatoms. The fourth-order valence-electron chi connectivity index (χ4n) is 2.40. The van der Waals surface area contributed by atoms with Crippen molar-refractivity contribution in [1.29, 1.82) is 0 Å². The summed E-state index contributed by atoms with van der Waals surface area (Å²) in [6.45, 7) is 6.94. The number of methoxy groups -OCH3 is 1. The molecule has 19 heavy (non-hydrogen) atoms. The normalized spacial score (nSPS) is 19.0. The Morgan fingerprint density at radius 2 is 2.21 bits per heavy atom. The number of hydrogen-bond donors (Lipinski definition) is 0. The zero-order chi connectivity index (χ0) is 14.0. The molecule has 0 radical (unpaired) electrons. The van der Waals surface area contributed by atoms with E-state index in [-0.39, 0.29) is 17.9 Å². The molecule has 1 aliphatic heterocycles. The van der Waals surface area contributed by atoms with E-state index in [1.807, 2.05) is 17.9 Å². The van der Waals surface area contributed by atoms with Crippen molar-refractivity contribution in [2.75, 3.05) is 18.6 Å². The Morgan fingerprint density at radius 3 is 2.84 bits per heavy atom. The highest BCUT2D eigenvalue weighted by Crippen LogP contribution is 2.26. The van der Waals surface area contributed by atoms with E-state index in [1.54, 1.807) is 0 Å². The van der Waals surface area contributed by atoms with E-state index < -0.39 is 0 Å². The largest absolute Gasteiger partial charge is 0.467 e. The minimum atomic E-state index is -0.209. The maximum absolute atomic E-state index is 11.8. The predicted octanol–water partition coefficient (Wildman–Crippen LogP) is 2.05. The number of esters is 1. The van der Waals surface area contributed by atoms with Crippen molar-refractivity contribution in [3.8, 4) is 0 Å². The van der Waals surface area contributed by atoms with Crippen LogP contribution in [-0.2, 0) is 9.53 Å². The average Bonchev–Trinajstić information content (AvgIpc) is 2.86. The van der Waals surface area contributed by atoms with Crippen molar-refractivity contribution in [2.24, 2.45) is 0 Å². The zero-order valence-electron chi connectivity index (χ0n) is 12.0. The third kappa shape index (κ3) is 2.85. The van der Waals surface area contributed by atoms with Crippen molar-refractivity contribution >= 4 is 11.8 Å². The summed E-state index contributed by atoms with van der Waals surface area (Å²) in [5.41, 5.74) is 0.934. The monoisotopic (exact) mass is 263 g/mol. The summed E-state index contributed by atoms with van der Waals surface area (Å²) in [5, 5.41) is 0. The van der Waals surface area contributed by atoms with E-state index in [1.165, 1.54) is 7.11 Å². The van der Waals surface area contributed by atoms with Gasteiger partial charge in [-0.2, -0.15) is 0 Å². The highest BCUT2D eigenvalue weighted by atomic mass is 16.5. The van der Waals surface area contributed by atoms with Crippen LogP contribution in [0.1, 0.15) is 44.1 Å². The fraction of sp³-hybridized carbons (Fsp3) is 0.643. The molecule has 0 aromatic carbocycles. The first-order valence-electron chi connectivity index (χ1n) is 6.73. The lowest BCUT2D eigenvalue weighted by atomic mass is 10.2. The quantitative estimate of drug-likeness (QED) is 0.781. The Morgan fingerprint density at radius 1 is 1.47 bits per heavy atom. The first-order valence-corrected chi connectivity index (χ1v) is 6.73. The van der Waals surface area contributed by atoms with E-state index in [2.05, 4.69) is 23.8 Å². The van der Waals surface area contributed by atoms with Crippen LogP contribution in [0.2, 0.25) is 0 Å². The second kappa shape index (κ2) is 5.55. The zero-order valence-corrected chi connectivity index (χ0v) is 12.0. The average molecular weight is 263 g/mol. The molecule has 104 valence electrons. The lowest BCUT2D eigenvalue weighted by molar-refractivity contribution is -0.141. The molecule has 5 nitrogen and oxygen atoms in total. The number of anilines is 1. The number of ether oxygens (including phenoxy) is 1. The molecule has 1 unspecified atom stereocenters. The molecule has 2 rings (SSSR count). The molecule has 0 saturated carbocycles. The molecule has 1 aliphatic rings. The molecule has 0 N–H and O–H groups in total.